The first-order valence-electron chi connectivity index (χ1n) is 7.57. The highest BCUT2D eigenvalue weighted by Crippen LogP contribution is 2.11. The molecule has 0 spiro atoms. The van der Waals surface area contributed by atoms with Crippen molar-refractivity contribution in [2.45, 2.75) is 25.4 Å². The number of hydrogen-bond donors (Lipinski definition) is 3. The topological polar surface area (TPSA) is 92.4 Å². The van der Waals surface area contributed by atoms with Crippen molar-refractivity contribution < 1.29 is 14.3 Å². The lowest BCUT2D eigenvalue weighted by molar-refractivity contribution is 0.0185. The van der Waals surface area contributed by atoms with E-state index in [2.05, 4.69) is 20.9 Å². The Morgan fingerprint density at radius 3 is 2.82 bits per heavy atom. The normalized spacial score (nSPS) is 17.5. The number of carbonyl (C=O) groups is 2. The van der Waals surface area contributed by atoms with Crippen LogP contribution in [0.15, 0.2) is 24.5 Å². The van der Waals surface area contributed by atoms with Gasteiger partial charge in [-0.3, -0.25) is 9.78 Å². The van der Waals surface area contributed by atoms with E-state index < -0.39 is 0 Å². The molecule has 7 heteroatoms. The molecule has 3 N–H and O–H groups in total. The summed E-state index contributed by atoms with van der Waals surface area (Å²) >= 11 is 0. The molecular weight excluding hydrogens is 284 g/mol. The van der Waals surface area contributed by atoms with Crippen molar-refractivity contribution in [2.75, 3.05) is 26.2 Å². The number of nitrogens with zero attached hydrogens (tertiary/aromatic N) is 1. The van der Waals surface area contributed by atoms with E-state index in [1.807, 2.05) is 0 Å². The zero-order valence-corrected chi connectivity index (χ0v) is 12.5. The maximum atomic E-state index is 11.7. The lowest BCUT2D eigenvalue weighted by atomic mass is 10.1. The molecule has 0 aliphatic carbocycles. The van der Waals surface area contributed by atoms with E-state index in [-0.39, 0.29) is 18.0 Å². The minimum atomic E-state index is -0.246. The fraction of sp³-hybridized carbons (Fsp3) is 0.533. The van der Waals surface area contributed by atoms with Gasteiger partial charge in [-0.25, -0.2) is 4.79 Å². The number of urea groups is 1. The van der Waals surface area contributed by atoms with Crippen molar-refractivity contribution in [3.63, 3.8) is 0 Å². The number of nitrogens with one attached hydrogen (secondary N) is 3. The van der Waals surface area contributed by atoms with Gasteiger partial charge >= 0.3 is 6.03 Å². The molecule has 120 valence electrons. The summed E-state index contributed by atoms with van der Waals surface area (Å²) in [4.78, 5) is 27.2. The van der Waals surface area contributed by atoms with Gasteiger partial charge in [0.05, 0.1) is 11.7 Å². The maximum Gasteiger partial charge on any atom is 0.314 e. The minimum Gasteiger partial charge on any atom is -0.376 e. The number of hydrogen-bond acceptors (Lipinski definition) is 4. The molecule has 1 aliphatic rings. The molecule has 1 atom stereocenters. The van der Waals surface area contributed by atoms with Crippen molar-refractivity contribution >= 4 is 11.9 Å². The van der Waals surface area contributed by atoms with Crippen LogP contribution in [0, 0.1) is 0 Å². The quantitative estimate of drug-likeness (QED) is 0.674. The zero-order chi connectivity index (χ0) is 15.6. The molecule has 1 aliphatic heterocycles. The van der Waals surface area contributed by atoms with Gasteiger partial charge in [-0.15, -0.1) is 0 Å². The number of carbonyl (C=O) groups excluding carboxylic acids is 2. The lowest BCUT2D eigenvalue weighted by Crippen LogP contribution is -2.43. The molecule has 3 amide bonds. The summed E-state index contributed by atoms with van der Waals surface area (Å²) in [5.41, 5.74) is 0.501. The summed E-state index contributed by atoms with van der Waals surface area (Å²) in [5.74, 6) is -0.203. The van der Waals surface area contributed by atoms with Gasteiger partial charge in [0.2, 0.25) is 0 Å². The fourth-order valence-corrected chi connectivity index (χ4v) is 2.19. The van der Waals surface area contributed by atoms with Gasteiger partial charge in [0, 0.05) is 38.6 Å². The highest BCUT2D eigenvalue weighted by molar-refractivity contribution is 5.93. The third-order valence-corrected chi connectivity index (χ3v) is 3.38. The van der Waals surface area contributed by atoms with Gasteiger partial charge in [0.1, 0.15) is 0 Å². The van der Waals surface area contributed by atoms with Gasteiger partial charge in [0.25, 0.3) is 5.91 Å². The number of aromatic nitrogens is 1. The van der Waals surface area contributed by atoms with Gasteiger partial charge < -0.3 is 20.7 Å². The minimum absolute atomic E-state index is 0.116. The van der Waals surface area contributed by atoms with E-state index in [0.717, 1.165) is 25.9 Å². The standard InChI is InChI=1S/C15H22N4O3/c20-14(12-4-3-6-16-10-12)17-7-8-18-15(21)19-11-13-5-1-2-9-22-13/h3-4,6,10,13H,1-2,5,7-9,11H2,(H,17,20)(H2,18,19,21). The number of rotatable bonds is 6. The molecule has 0 bridgehead atoms. The van der Waals surface area contributed by atoms with Crippen LogP contribution in [0.3, 0.4) is 0 Å². The Morgan fingerprint density at radius 1 is 1.23 bits per heavy atom. The van der Waals surface area contributed by atoms with E-state index in [4.69, 9.17) is 4.74 Å². The number of pyridine rings is 1. The summed E-state index contributed by atoms with van der Waals surface area (Å²) in [6, 6.07) is 3.14. The zero-order valence-electron chi connectivity index (χ0n) is 12.5. The van der Waals surface area contributed by atoms with Crippen LogP contribution in [0.1, 0.15) is 29.6 Å². The van der Waals surface area contributed by atoms with Crippen molar-refractivity contribution in [3.05, 3.63) is 30.1 Å². The highest BCUT2D eigenvalue weighted by Gasteiger charge is 2.14. The Labute approximate surface area is 129 Å². The first-order valence-corrected chi connectivity index (χ1v) is 7.57. The molecule has 1 aromatic heterocycles. The SMILES string of the molecule is O=C(NCCNC(=O)c1cccnc1)NCC1CCCCO1. The van der Waals surface area contributed by atoms with Crippen molar-refractivity contribution in [3.8, 4) is 0 Å². The summed E-state index contributed by atoms with van der Waals surface area (Å²) in [6.07, 6.45) is 6.46. The smallest absolute Gasteiger partial charge is 0.314 e. The van der Waals surface area contributed by atoms with Gasteiger partial charge in [0.15, 0.2) is 0 Å². The largest absolute Gasteiger partial charge is 0.376 e. The second-order valence-corrected chi connectivity index (χ2v) is 5.12. The average molecular weight is 306 g/mol. The fourth-order valence-electron chi connectivity index (χ4n) is 2.19. The average Bonchev–Trinajstić information content (AvgIpc) is 2.58. The van der Waals surface area contributed by atoms with Crippen LogP contribution in [0.25, 0.3) is 0 Å². The maximum absolute atomic E-state index is 11.7. The first kappa shape index (κ1) is 16.2. The highest BCUT2D eigenvalue weighted by atomic mass is 16.5. The van der Waals surface area contributed by atoms with Crippen molar-refractivity contribution in [1.82, 2.24) is 20.9 Å². The molecule has 1 aromatic rings. The number of amides is 3. The molecule has 2 rings (SSSR count). The second-order valence-electron chi connectivity index (χ2n) is 5.12. The second kappa shape index (κ2) is 8.99. The summed E-state index contributed by atoms with van der Waals surface area (Å²) in [5, 5.41) is 8.18. The molecular formula is C15H22N4O3. The Morgan fingerprint density at radius 2 is 2.09 bits per heavy atom. The number of ether oxygens (including phenoxy) is 1. The summed E-state index contributed by atoms with van der Waals surface area (Å²) in [7, 11) is 0. The molecule has 7 nitrogen and oxygen atoms in total. The molecule has 1 fully saturated rings. The molecule has 1 saturated heterocycles. The van der Waals surface area contributed by atoms with Crippen LogP contribution in [0.5, 0.6) is 0 Å². The van der Waals surface area contributed by atoms with E-state index in [0.29, 0.717) is 25.2 Å². The van der Waals surface area contributed by atoms with Crippen LogP contribution >= 0.6 is 0 Å². The third kappa shape index (κ3) is 5.69. The Bertz CT molecular complexity index is 475. The molecule has 0 saturated carbocycles. The van der Waals surface area contributed by atoms with E-state index >= 15 is 0 Å². The Kier molecular flexibility index (Phi) is 6.63. The summed E-state index contributed by atoms with van der Waals surface area (Å²) < 4.78 is 5.53. The van der Waals surface area contributed by atoms with Crippen LogP contribution in [-0.2, 0) is 4.74 Å². The predicted molar refractivity (Wildman–Crippen MR) is 81.6 cm³/mol. The molecule has 22 heavy (non-hydrogen) atoms. The molecule has 0 aromatic carbocycles. The van der Waals surface area contributed by atoms with E-state index in [9.17, 15) is 9.59 Å². The van der Waals surface area contributed by atoms with Gasteiger partial charge in [-0.1, -0.05) is 0 Å². The van der Waals surface area contributed by atoms with Crippen LogP contribution < -0.4 is 16.0 Å². The Balaban J connectivity index is 1.54. The lowest BCUT2D eigenvalue weighted by Gasteiger charge is -2.22. The summed E-state index contributed by atoms with van der Waals surface area (Å²) in [6.45, 7) is 2.02. The van der Waals surface area contributed by atoms with Crippen LogP contribution in [-0.4, -0.2) is 49.3 Å². The van der Waals surface area contributed by atoms with E-state index in [1.165, 1.54) is 6.20 Å². The van der Waals surface area contributed by atoms with Gasteiger partial charge in [-0.05, 0) is 31.4 Å². The molecule has 2 heterocycles. The van der Waals surface area contributed by atoms with Crippen molar-refractivity contribution in [2.24, 2.45) is 0 Å². The Hall–Kier alpha value is -2.15. The van der Waals surface area contributed by atoms with Crippen molar-refractivity contribution in [1.29, 1.82) is 0 Å². The monoisotopic (exact) mass is 306 g/mol. The third-order valence-electron chi connectivity index (χ3n) is 3.38. The van der Waals surface area contributed by atoms with E-state index in [1.54, 1.807) is 18.3 Å². The predicted octanol–water partition coefficient (Wildman–Crippen LogP) is 0.680. The first-order chi connectivity index (χ1) is 10.8. The van der Waals surface area contributed by atoms with Gasteiger partial charge in [-0.2, -0.15) is 0 Å². The van der Waals surface area contributed by atoms with Crippen LogP contribution in [0.4, 0.5) is 4.79 Å². The molecule has 0 radical (unpaired) electrons. The molecule has 1 unspecified atom stereocenters. The van der Waals surface area contributed by atoms with Crippen LogP contribution in [0.2, 0.25) is 0 Å².